The first-order valence-electron chi connectivity index (χ1n) is 9.46. The first-order valence-corrected chi connectivity index (χ1v) is 9.46. The van der Waals surface area contributed by atoms with Crippen LogP contribution in [0, 0.1) is 12.8 Å². The predicted octanol–water partition coefficient (Wildman–Crippen LogP) is 2.97. The normalized spacial score (nSPS) is 15.8. The Hall–Kier alpha value is -1.75. The molecule has 1 aliphatic rings. The second-order valence-electron chi connectivity index (χ2n) is 7.13. The maximum atomic E-state index is 11.9. The summed E-state index contributed by atoms with van der Waals surface area (Å²) in [7, 11) is 1.68. The number of urea groups is 1. The molecule has 1 aromatic carbocycles. The maximum Gasteiger partial charge on any atom is 0.314 e. The number of aryl methyl sites for hydroxylation is 1. The minimum absolute atomic E-state index is 0.0844. The van der Waals surface area contributed by atoms with E-state index in [1.165, 1.54) is 31.5 Å². The minimum atomic E-state index is -0.0844. The van der Waals surface area contributed by atoms with Gasteiger partial charge >= 0.3 is 6.03 Å². The van der Waals surface area contributed by atoms with Crippen molar-refractivity contribution in [2.24, 2.45) is 5.92 Å². The van der Waals surface area contributed by atoms with Gasteiger partial charge in [0, 0.05) is 13.1 Å². The molecule has 1 fully saturated rings. The van der Waals surface area contributed by atoms with E-state index in [0.29, 0.717) is 6.54 Å². The highest BCUT2D eigenvalue weighted by Crippen LogP contribution is 2.19. The highest BCUT2D eigenvalue weighted by Gasteiger charge is 2.14. The number of nitrogens with zero attached hydrogens (tertiary/aromatic N) is 1. The Morgan fingerprint density at radius 3 is 2.68 bits per heavy atom. The molecule has 2 N–H and O–H groups in total. The number of carbonyl (C=O) groups excluding carboxylic acids is 1. The largest absolute Gasteiger partial charge is 0.496 e. The van der Waals surface area contributed by atoms with Gasteiger partial charge in [0.25, 0.3) is 0 Å². The highest BCUT2D eigenvalue weighted by atomic mass is 16.5. The Morgan fingerprint density at radius 2 is 1.96 bits per heavy atom. The lowest BCUT2D eigenvalue weighted by Crippen LogP contribution is -2.39. The van der Waals surface area contributed by atoms with Crippen molar-refractivity contribution in [2.75, 3.05) is 39.8 Å². The monoisotopic (exact) mass is 347 g/mol. The van der Waals surface area contributed by atoms with Crippen molar-refractivity contribution >= 4 is 6.03 Å². The summed E-state index contributed by atoms with van der Waals surface area (Å²) in [6, 6.07) is 6.04. The third-order valence-electron chi connectivity index (χ3n) is 4.93. The third kappa shape index (κ3) is 6.94. The molecule has 5 nitrogen and oxygen atoms in total. The number of hydrogen-bond acceptors (Lipinski definition) is 3. The van der Waals surface area contributed by atoms with E-state index >= 15 is 0 Å². The molecule has 0 aromatic heterocycles. The minimum Gasteiger partial charge on any atom is -0.496 e. The zero-order valence-corrected chi connectivity index (χ0v) is 15.9. The van der Waals surface area contributed by atoms with Crippen molar-refractivity contribution in [3.05, 3.63) is 29.3 Å². The summed E-state index contributed by atoms with van der Waals surface area (Å²) >= 11 is 0. The van der Waals surface area contributed by atoms with Crippen molar-refractivity contribution in [1.29, 1.82) is 0 Å². The lowest BCUT2D eigenvalue weighted by atomic mass is 9.99. The Morgan fingerprint density at radius 1 is 1.24 bits per heavy atom. The standard InChI is InChI=1S/C20H33N3O2/c1-16-8-13-23(14-9-16)12-4-10-21-20(24)22-11-7-18-15-17(2)5-6-19(18)25-3/h5-6,15-16H,4,7-14H2,1-3H3,(H2,21,22,24). The van der Waals surface area contributed by atoms with Crippen molar-refractivity contribution in [2.45, 2.75) is 39.5 Å². The van der Waals surface area contributed by atoms with Crippen molar-refractivity contribution < 1.29 is 9.53 Å². The fraction of sp³-hybridized carbons (Fsp3) is 0.650. The van der Waals surface area contributed by atoms with Gasteiger partial charge in [-0.05, 0) is 69.8 Å². The number of nitrogens with one attached hydrogen (secondary N) is 2. The topological polar surface area (TPSA) is 53.6 Å². The van der Waals surface area contributed by atoms with Crippen LogP contribution < -0.4 is 15.4 Å². The molecule has 0 radical (unpaired) electrons. The number of likely N-dealkylation sites (tertiary alicyclic amines) is 1. The van der Waals surface area contributed by atoms with Crippen LogP contribution >= 0.6 is 0 Å². The van der Waals surface area contributed by atoms with Gasteiger partial charge in [-0.2, -0.15) is 0 Å². The molecule has 0 atom stereocenters. The zero-order chi connectivity index (χ0) is 18.1. The summed E-state index contributed by atoms with van der Waals surface area (Å²) < 4.78 is 5.37. The molecule has 0 unspecified atom stereocenters. The molecule has 5 heteroatoms. The summed E-state index contributed by atoms with van der Waals surface area (Å²) in [5.74, 6) is 1.75. The van der Waals surface area contributed by atoms with Crippen LogP contribution in [-0.2, 0) is 6.42 Å². The van der Waals surface area contributed by atoms with Crippen LogP contribution in [0.3, 0.4) is 0 Å². The van der Waals surface area contributed by atoms with Crippen LogP contribution in [0.5, 0.6) is 5.75 Å². The van der Waals surface area contributed by atoms with E-state index in [1.807, 2.05) is 12.1 Å². The molecule has 0 spiro atoms. The number of hydrogen-bond donors (Lipinski definition) is 2. The Balaban J connectivity index is 1.57. The van der Waals surface area contributed by atoms with Gasteiger partial charge in [0.1, 0.15) is 5.75 Å². The summed E-state index contributed by atoms with van der Waals surface area (Å²) in [5, 5.41) is 5.88. The van der Waals surface area contributed by atoms with Gasteiger partial charge in [-0.25, -0.2) is 4.79 Å². The lowest BCUT2D eigenvalue weighted by molar-refractivity contribution is 0.190. The van der Waals surface area contributed by atoms with Crippen LogP contribution in [-0.4, -0.2) is 50.8 Å². The maximum absolute atomic E-state index is 11.9. The molecule has 140 valence electrons. The SMILES string of the molecule is COc1ccc(C)cc1CCNC(=O)NCCCN1CCC(C)CC1. The number of benzene rings is 1. The zero-order valence-electron chi connectivity index (χ0n) is 15.9. The summed E-state index contributed by atoms with van der Waals surface area (Å²) in [6.07, 6.45) is 4.38. The number of amides is 2. The van der Waals surface area contributed by atoms with Crippen molar-refractivity contribution in [1.82, 2.24) is 15.5 Å². The van der Waals surface area contributed by atoms with Crippen molar-refractivity contribution in [3.63, 3.8) is 0 Å². The second-order valence-corrected chi connectivity index (χ2v) is 7.13. The van der Waals surface area contributed by atoms with Gasteiger partial charge in [0.15, 0.2) is 0 Å². The fourth-order valence-electron chi connectivity index (χ4n) is 3.27. The molecule has 0 bridgehead atoms. The van der Waals surface area contributed by atoms with Crippen LogP contribution in [0.2, 0.25) is 0 Å². The van der Waals surface area contributed by atoms with Crippen LogP contribution in [0.15, 0.2) is 18.2 Å². The number of carbonyl (C=O) groups is 1. The smallest absolute Gasteiger partial charge is 0.314 e. The van der Waals surface area contributed by atoms with Crippen LogP contribution in [0.4, 0.5) is 4.79 Å². The van der Waals surface area contributed by atoms with Gasteiger partial charge in [0.2, 0.25) is 0 Å². The average Bonchev–Trinajstić information content (AvgIpc) is 2.60. The fourth-order valence-corrected chi connectivity index (χ4v) is 3.27. The van der Waals surface area contributed by atoms with E-state index < -0.39 is 0 Å². The summed E-state index contributed by atoms with van der Waals surface area (Å²) in [4.78, 5) is 14.4. The Labute approximate surface area is 152 Å². The number of rotatable bonds is 8. The molecule has 2 rings (SSSR count). The molecule has 0 saturated carbocycles. The second kappa shape index (κ2) is 10.3. The third-order valence-corrected chi connectivity index (χ3v) is 4.93. The van der Waals surface area contributed by atoms with Gasteiger partial charge in [-0.3, -0.25) is 0 Å². The number of methoxy groups -OCH3 is 1. The summed E-state index contributed by atoms with van der Waals surface area (Å²) in [6.45, 7) is 9.20. The van der Waals surface area contributed by atoms with E-state index in [0.717, 1.165) is 43.2 Å². The molecular weight excluding hydrogens is 314 g/mol. The van der Waals surface area contributed by atoms with E-state index in [1.54, 1.807) is 7.11 Å². The first-order chi connectivity index (χ1) is 12.1. The van der Waals surface area contributed by atoms with E-state index in [-0.39, 0.29) is 6.03 Å². The van der Waals surface area contributed by atoms with E-state index in [4.69, 9.17) is 4.74 Å². The quantitative estimate of drug-likeness (QED) is 0.711. The molecule has 1 aromatic rings. The molecular formula is C20H33N3O2. The first kappa shape index (κ1) is 19.6. The molecule has 25 heavy (non-hydrogen) atoms. The van der Waals surface area contributed by atoms with Gasteiger partial charge < -0.3 is 20.3 Å². The van der Waals surface area contributed by atoms with E-state index in [9.17, 15) is 4.79 Å². The van der Waals surface area contributed by atoms with Crippen LogP contribution in [0.1, 0.15) is 37.3 Å². The average molecular weight is 348 g/mol. The number of piperidine rings is 1. The Bertz CT molecular complexity index is 540. The molecule has 2 amide bonds. The van der Waals surface area contributed by atoms with Crippen LogP contribution in [0.25, 0.3) is 0 Å². The predicted molar refractivity (Wildman–Crippen MR) is 102 cm³/mol. The Kier molecular flexibility index (Phi) is 8.06. The molecule has 1 heterocycles. The lowest BCUT2D eigenvalue weighted by Gasteiger charge is -2.30. The summed E-state index contributed by atoms with van der Waals surface area (Å²) in [5.41, 5.74) is 2.33. The van der Waals surface area contributed by atoms with E-state index in [2.05, 4.69) is 35.4 Å². The molecule has 0 aliphatic carbocycles. The van der Waals surface area contributed by atoms with Gasteiger partial charge in [0.05, 0.1) is 7.11 Å². The molecule has 1 aliphatic heterocycles. The van der Waals surface area contributed by atoms with Gasteiger partial charge in [-0.15, -0.1) is 0 Å². The highest BCUT2D eigenvalue weighted by molar-refractivity contribution is 5.73. The van der Waals surface area contributed by atoms with Crippen molar-refractivity contribution in [3.8, 4) is 5.75 Å². The van der Waals surface area contributed by atoms with Gasteiger partial charge in [-0.1, -0.05) is 24.6 Å². The number of ether oxygens (including phenoxy) is 1. The molecule has 1 saturated heterocycles.